The molecule has 0 heterocycles. The molecule has 0 aliphatic carbocycles. The highest BCUT2D eigenvalue weighted by molar-refractivity contribution is 14.1. The topological polar surface area (TPSA) is 55.8 Å². The molecule has 3 aromatic carbocycles. The lowest BCUT2D eigenvalue weighted by Crippen LogP contribution is -2.10. The van der Waals surface area contributed by atoms with Crippen molar-refractivity contribution in [3.63, 3.8) is 0 Å². The Kier molecular flexibility index (Phi) is 7.52. The van der Waals surface area contributed by atoms with Gasteiger partial charge in [-0.15, -0.1) is 0 Å². The van der Waals surface area contributed by atoms with E-state index in [4.69, 9.17) is 9.47 Å². The van der Waals surface area contributed by atoms with Gasteiger partial charge in [-0.05, 0) is 51.3 Å². The Morgan fingerprint density at radius 2 is 1.38 bits per heavy atom. The number of carboxylic acids is 1. The van der Waals surface area contributed by atoms with Gasteiger partial charge in [0.25, 0.3) is 0 Å². The number of hydrogen-bond acceptors (Lipinski definition) is 3. The summed E-state index contributed by atoms with van der Waals surface area (Å²) in [6, 6.07) is 21.7. The van der Waals surface area contributed by atoms with E-state index in [9.17, 15) is 9.90 Å². The summed E-state index contributed by atoms with van der Waals surface area (Å²) in [6.45, 7) is 2.84. The van der Waals surface area contributed by atoms with Gasteiger partial charge < -0.3 is 14.6 Å². The highest BCUT2D eigenvalue weighted by Gasteiger charge is 2.20. The molecule has 0 aliphatic rings. The van der Waals surface area contributed by atoms with E-state index in [0.29, 0.717) is 31.1 Å². The Morgan fingerprint density at radius 3 is 1.86 bits per heavy atom. The minimum atomic E-state index is -0.869. The maximum absolute atomic E-state index is 11.5. The van der Waals surface area contributed by atoms with Gasteiger partial charge in [-0.3, -0.25) is 4.79 Å². The van der Waals surface area contributed by atoms with Crippen LogP contribution in [0.5, 0.6) is 11.5 Å². The molecule has 0 fully saturated rings. The maximum atomic E-state index is 11.5. The smallest absolute Gasteiger partial charge is 0.307 e. The third-order valence-corrected chi connectivity index (χ3v) is 5.74. The van der Waals surface area contributed by atoms with Crippen molar-refractivity contribution in [3.05, 3.63) is 92.6 Å². The quantitative estimate of drug-likeness (QED) is 0.385. The maximum Gasteiger partial charge on any atom is 0.307 e. The summed E-state index contributed by atoms with van der Waals surface area (Å²) >= 11 is 2.18. The van der Waals surface area contributed by atoms with Gasteiger partial charge in [0.2, 0.25) is 0 Å². The minimum Gasteiger partial charge on any atom is -0.488 e. The summed E-state index contributed by atoms with van der Waals surface area (Å²) in [5.74, 6) is 0.453. The summed E-state index contributed by atoms with van der Waals surface area (Å²) in [6.07, 6.45) is 0.618. The van der Waals surface area contributed by atoms with Gasteiger partial charge in [-0.25, -0.2) is 0 Å². The van der Waals surface area contributed by atoms with Crippen LogP contribution in [-0.2, 0) is 30.8 Å². The molecule has 0 unspecified atom stereocenters. The second-order valence-electron chi connectivity index (χ2n) is 6.62. The molecular formula is C24H23IO4. The number of rotatable bonds is 9. The van der Waals surface area contributed by atoms with Crippen molar-refractivity contribution in [2.45, 2.75) is 33.0 Å². The van der Waals surface area contributed by atoms with Crippen molar-refractivity contribution < 1.29 is 19.4 Å². The Bertz CT molecular complexity index is 956. The zero-order valence-corrected chi connectivity index (χ0v) is 18.4. The third-order valence-electron chi connectivity index (χ3n) is 4.56. The largest absolute Gasteiger partial charge is 0.488 e. The number of halogens is 1. The van der Waals surface area contributed by atoms with Crippen LogP contribution in [0.15, 0.2) is 66.7 Å². The second kappa shape index (κ2) is 10.3. The van der Waals surface area contributed by atoms with E-state index in [2.05, 4.69) is 22.6 Å². The van der Waals surface area contributed by atoms with Gasteiger partial charge in [0, 0.05) is 6.07 Å². The summed E-state index contributed by atoms with van der Waals surface area (Å²) < 4.78 is 13.0. The van der Waals surface area contributed by atoms with Gasteiger partial charge in [-0.2, -0.15) is 0 Å². The molecule has 0 aromatic heterocycles. The first kappa shape index (κ1) is 21.2. The number of carbonyl (C=O) groups is 1. The van der Waals surface area contributed by atoms with Crippen molar-refractivity contribution in [2.75, 3.05) is 0 Å². The molecule has 4 nitrogen and oxygen atoms in total. The second-order valence-corrected chi connectivity index (χ2v) is 7.70. The molecule has 0 radical (unpaired) electrons. The number of benzene rings is 3. The van der Waals surface area contributed by atoms with Gasteiger partial charge in [0.05, 0.1) is 9.99 Å². The Hall–Kier alpha value is -2.54. The molecule has 0 saturated carbocycles. The molecule has 0 saturated heterocycles. The first-order valence-electron chi connectivity index (χ1n) is 9.48. The van der Waals surface area contributed by atoms with Crippen LogP contribution in [0, 0.1) is 3.57 Å². The average molecular weight is 502 g/mol. The number of aliphatic carboxylic acids is 1. The molecule has 0 spiro atoms. The zero-order chi connectivity index (χ0) is 20.6. The summed E-state index contributed by atoms with van der Waals surface area (Å²) in [7, 11) is 0. The van der Waals surface area contributed by atoms with Crippen LogP contribution in [-0.4, -0.2) is 11.1 Å². The van der Waals surface area contributed by atoms with Crippen molar-refractivity contribution in [1.29, 1.82) is 0 Å². The predicted octanol–water partition coefficient (Wildman–Crippen LogP) is 5.64. The van der Waals surface area contributed by atoms with Crippen LogP contribution < -0.4 is 9.47 Å². The Morgan fingerprint density at radius 1 is 0.862 bits per heavy atom. The lowest BCUT2D eigenvalue weighted by atomic mass is 10.0. The van der Waals surface area contributed by atoms with Crippen LogP contribution in [0.3, 0.4) is 0 Å². The highest BCUT2D eigenvalue weighted by atomic mass is 127. The van der Waals surface area contributed by atoms with E-state index in [1.165, 1.54) is 0 Å². The van der Waals surface area contributed by atoms with Gasteiger partial charge in [-0.1, -0.05) is 67.6 Å². The monoisotopic (exact) mass is 502 g/mol. The van der Waals surface area contributed by atoms with E-state index in [1.54, 1.807) is 0 Å². The average Bonchev–Trinajstić information content (AvgIpc) is 2.74. The van der Waals surface area contributed by atoms with E-state index >= 15 is 0 Å². The molecule has 0 amide bonds. The fourth-order valence-electron chi connectivity index (χ4n) is 3.13. The van der Waals surface area contributed by atoms with E-state index in [0.717, 1.165) is 25.8 Å². The SMILES string of the molecule is CCc1c(OCc2ccccc2)cc(OCc2ccccc2)c(I)c1CC(=O)O. The van der Waals surface area contributed by atoms with Crippen molar-refractivity contribution >= 4 is 28.6 Å². The lowest BCUT2D eigenvalue weighted by molar-refractivity contribution is -0.136. The number of carboxylic acid groups (broad SMARTS) is 1. The zero-order valence-electron chi connectivity index (χ0n) is 16.2. The van der Waals surface area contributed by atoms with Crippen molar-refractivity contribution in [2.24, 2.45) is 0 Å². The van der Waals surface area contributed by atoms with Gasteiger partial charge in [0.15, 0.2) is 0 Å². The van der Waals surface area contributed by atoms with Crippen molar-refractivity contribution in [1.82, 2.24) is 0 Å². The van der Waals surface area contributed by atoms with Crippen LogP contribution in [0.2, 0.25) is 0 Å². The molecule has 0 aliphatic heterocycles. The summed E-state index contributed by atoms with van der Waals surface area (Å²) in [4.78, 5) is 11.5. The highest BCUT2D eigenvalue weighted by Crippen LogP contribution is 2.36. The molecule has 3 rings (SSSR count). The van der Waals surface area contributed by atoms with Crippen LogP contribution in [0.1, 0.15) is 29.2 Å². The molecule has 1 N–H and O–H groups in total. The molecule has 150 valence electrons. The Balaban J connectivity index is 1.92. The molecule has 3 aromatic rings. The predicted molar refractivity (Wildman–Crippen MR) is 121 cm³/mol. The first-order valence-corrected chi connectivity index (χ1v) is 10.6. The fourth-order valence-corrected chi connectivity index (χ4v) is 3.95. The van der Waals surface area contributed by atoms with E-state index in [-0.39, 0.29) is 6.42 Å². The van der Waals surface area contributed by atoms with Crippen LogP contribution in [0.25, 0.3) is 0 Å². The van der Waals surface area contributed by atoms with Gasteiger partial charge >= 0.3 is 5.97 Å². The Labute approximate surface area is 184 Å². The standard InChI is InChI=1S/C24H23IO4/c1-2-19-20(13-23(26)27)24(25)22(29-16-18-11-7-4-8-12-18)14-21(19)28-15-17-9-5-3-6-10-17/h3-12,14H,2,13,15-16H2,1H3,(H,26,27). The third kappa shape index (κ3) is 5.73. The lowest BCUT2D eigenvalue weighted by Gasteiger charge is -2.19. The number of hydrogen-bond donors (Lipinski definition) is 1. The molecular weight excluding hydrogens is 479 g/mol. The summed E-state index contributed by atoms with van der Waals surface area (Å²) in [5, 5.41) is 9.42. The number of ether oxygens (including phenoxy) is 2. The normalized spacial score (nSPS) is 10.6. The van der Waals surface area contributed by atoms with E-state index in [1.807, 2.05) is 73.7 Å². The molecule has 5 heteroatoms. The first-order chi connectivity index (χ1) is 14.1. The van der Waals surface area contributed by atoms with Gasteiger partial charge in [0.1, 0.15) is 24.7 Å². The fraction of sp³-hybridized carbons (Fsp3) is 0.208. The van der Waals surface area contributed by atoms with Crippen molar-refractivity contribution in [3.8, 4) is 11.5 Å². The molecule has 0 bridgehead atoms. The molecule has 29 heavy (non-hydrogen) atoms. The minimum absolute atomic E-state index is 0.0638. The summed E-state index contributed by atoms with van der Waals surface area (Å²) in [5.41, 5.74) is 3.78. The van der Waals surface area contributed by atoms with E-state index < -0.39 is 5.97 Å². The van der Waals surface area contributed by atoms with Crippen LogP contribution >= 0.6 is 22.6 Å². The molecule has 0 atom stereocenters. The van der Waals surface area contributed by atoms with Crippen LogP contribution in [0.4, 0.5) is 0 Å².